The van der Waals surface area contributed by atoms with E-state index in [9.17, 15) is 9.59 Å². The number of hydrogen-bond acceptors (Lipinski definition) is 6. The molecule has 0 spiro atoms. The van der Waals surface area contributed by atoms with Crippen molar-refractivity contribution in [2.45, 2.75) is 32.7 Å². The fraction of sp³-hybridized carbons (Fsp3) is 0.368. The molecule has 0 radical (unpaired) electrons. The van der Waals surface area contributed by atoms with Crippen molar-refractivity contribution in [3.63, 3.8) is 0 Å². The third kappa shape index (κ3) is 3.32. The van der Waals surface area contributed by atoms with Gasteiger partial charge >= 0.3 is 0 Å². The van der Waals surface area contributed by atoms with Gasteiger partial charge in [-0.25, -0.2) is 4.68 Å². The van der Waals surface area contributed by atoms with E-state index >= 15 is 0 Å². The number of rotatable bonds is 4. The molecular formula is C19H20N4O3S. The van der Waals surface area contributed by atoms with Gasteiger partial charge in [-0.1, -0.05) is 24.3 Å². The average Bonchev–Trinajstić information content (AvgIpc) is 3.02. The van der Waals surface area contributed by atoms with E-state index in [4.69, 9.17) is 4.74 Å². The minimum Gasteiger partial charge on any atom is -0.495 e. The van der Waals surface area contributed by atoms with Gasteiger partial charge in [-0.15, -0.1) is 16.4 Å². The molecule has 8 heteroatoms. The van der Waals surface area contributed by atoms with Gasteiger partial charge in [0.25, 0.3) is 5.56 Å². The average molecular weight is 384 g/mol. The first-order valence-corrected chi connectivity index (χ1v) is 9.69. The van der Waals surface area contributed by atoms with Crippen molar-refractivity contribution in [2.75, 3.05) is 12.4 Å². The number of aryl methyl sites for hydroxylation is 1. The van der Waals surface area contributed by atoms with Crippen molar-refractivity contribution in [1.82, 2.24) is 15.0 Å². The van der Waals surface area contributed by atoms with Gasteiger partial charge in [0.05, 0.1) is 18.2 Å². The number of carbonyl (C=O) groups is 1. The summed E-state index contributed by atoms with van der Waals surface area (Å²) in [6, 6.07) is 7.12. The molecule has 1 aliphatic carbocycles. The van der Waals surface area contributed by atoms with Crippen LogP contribution in [0.5, 0.6) is 5.75 Å². The molecule has 0 fully saturated rings. The van der Waals surface area contributed by atoms with Crippen LogP contribution in [0.15, 0.2) is 29.1 Å². The van der Waals surface area contributed by atoms with Gasteiger partial charge in [0.2, 0.25) is 5.91 Å². The Balaban J connectivity index is 1.62. The van der Waals surface area contributed by atoms with E-state index in [0.717, 1.165) is 29.5 Å². The third-order valence-electron chi connectivity index (χ3n) is 4.86. The summed E-state index contributed by atoms with van der Waals surface area (Å²) < 4.78 is 6.37. The molecule has 1 atom stereocenters. The fourth-order valence-electron chi connectivity index (χ4n) is 3.47. The minimum atomic E-state index is -0.354. The molecular weight excluding hydrogens is 364 g/mol. The fourth-order valence-corrected chi connectivity index (χ4v) is 4.79. The quantitative estimate of drug-likeness (QED) is 0.747. The van der Waals surface area contributed by atoms with Gasteiger partial charge in [-0.2, -0.15) is 0 Å². The first-order valence-electron chi connectivity index (χ1n) is 8.87. The standard InChI is InChI=1S/C19H20N4O3S/c1-11-7-8-12-15(9-11)27-18-17(12)19(25)23(22-21-18)10-16(24)20-13-5-3-4-6-14(13)26-2/h3-6,11H,7-10H2,1-2H3,(H,20,24)/t11-/m0/s1. The van der Waals surface area contributed by atoms with Crippen molar-refractivity contribution >= 4 is 33.1 Å². The van der Waals surface area contributed by atoms with E-state index in [2.05, 4.69) is 22.6 Å². The number of anilines is 1. The summed E-state index contributed by atoms with van der Waals surface area (Å²) in [6.45, 7) is 2.03. The maximum absolute atomic E-state index is 12.9. The Morgan fingerprint density at radius 3 is 3.04 bits per heavy atom. The molecule has 1 aliphatic rings. The lowest BCUT2D eigenvalue weighted by atomic mass is 9.89. The summed E-state index contributed by atoms with van der Waals surface area (Å²) in [5.41, 5.74) is 1.39. The van der Waals surface area contributed by atoms with Crippen LogP contribution in [0.4, 0.5) is 5.69 Å². The number of aromatic nitrogens is 3. The van der Waals surface area contributed by atoms with Crippen LogP contribution in [-0.2, 0) is 24.2 Å². The van der Waals surface area contributed by atoms with Crippen LogP contribution in [0.2, 0.25) is 0 Å². The number of para-hydroxylation sites is 2. The number of thiophene rings is 1. The van der Waals surface area contributed by atoms with Crippen LogP contribution in [0.3, 0.4) is 0 Å². The maximum atomic E-state index is 12.9. The second-order valence-corrected chi connectivity index (χ2v) is 7.92. The summed E-state index contributed by atoms with van der Waals surface area (Å²) >= 11 is 1.55. The van der Waals surface area contributed by atoms with Crippen molar-refractivity contribution in [3.05, 3.63) is 45.1 Å². The zero-order chi connectivity index (χ0) is 19.0. The summed E-state index contributed by atoms with van der Waals surface area (Å²) in [6.07, 6.45) is 2.92. The predicted molar refractivity (Wildman–Crippen MR) is 104 cm³/mol. The van der Waals surface area contributed by atoms with Crippen LogP contribution in [0.1, 0.15) is 23.8 Å². The lowest BCUT2D eigenvalue weighted by molar-refractivity contribution is -0.117. The van der Waals surface area contributed by atoms with Gasteiger partial charge in [0.15, 0.2) is 4.83 Å². The van der Waals surface area contributed by atoms with Crippen LogP contribution in [-0.4, -0.2) is 28.0 Å². The first kappa shape index (κ1) is 17.7. The van der Waals surface area contributed by atoms with Crippen LogP contribution in [0.25, 0.3) is 10.2 Å². The molecule has 2 heterocycles. The number of amides is 1. The Morgan fingerprint density at radius 1 is 1.41 bits per heavy atom. The van der Waals surface area contributed by atoms with Crippen molar-refractivity contribution < 1.29 is 9.53 Å². The predicted octanol–water partition coefficient (Wildman–Crippen LogP) is 2.63. The van der Waals surface area contributed by atoms with E-state index in [1.165, 1.54) is 12.0 Å². The Kier molecular flexibility index (Phi) is 4.65. The zero-order valence-electron chi connectivity index (χ0n) is 15.2. The van der Waals surface area contributed by atoms with E-state index < -0.39 is 0 Å². The van der Waals surface area contributed by atoms with E-state index in [1.54, 1.807) is 29.5 Å². The molecule has 0 saturated carbocycles. The number of nitrogens with zero attached hydrogens (tertiary/aromatic N) is 3. The van der Waals surface area contributed by atoms with Gasteiger partial charge in [0.1, 0.15) is 12.3 Å². The Bertz CT molecular complexity index is 1070. The van der Waals surface area contributed by atoms with E-state index in [0.29, 0.717) is 27.6 Å². The van der Waals surface area contributed by atoms with Gasteiger partial charge in [-0.3, -0.25) is 9.59 Å². The number of benzene rings is 1. The van der Waals surface area contributed by atoms with Crippen LogP contribution < -0.4 is 15.6 Å². The van der Waals surface area contributed by atoms with E-state index in [-0.39, 0.29) is 18.0 Å². The number of hydrogen-bond donors (Lipinski definition) is 1. The summed E-state index contributed by atoms with van der Waals surface area (Å²) in [5.74, 6) is 0.820. The number of fused-ring (bicyclic) bond motifs is 3. The Labute approximate surface area is 160 Å². The zero-order valence-corrected chi connectivity index (χ0v) is 16.0. The SMILES string of the molecule is COc1ccccc1NC(=O)Cn1nnc2sc3c(c2c1=O)CC[C@H](C)C3. The molecule has 0 aliphatic heterocycles. The molecule has 7 nitrogen and oxygen atoms in total. The highest BCUT2D eigenvalue weighted by Crippen LogP contribution is 2.35. The summed E-state index contributed by atoms with van der Waals surface area (Å²) in [4.78, 5) is 27.2. The molecule has 140 valence electrons. The highest BCUT2D eigenvalue weighted by Gasteiger charge is 2.24. The monoisotopic (exact) mass is 384 g/mol. The largest absolute Gasteiger partial charge is 0.495 e. The molecule has 0 bridgehead atoms. The number of ether oxygens (including phenoxy) is 1. The van der Waals surface area contributed by atoms with Gasteiger partial charge < -0.3 is 10.1 Å². The molecule has 1 aromatic carbocycles. The minimum absolute atomic E-state index is 0.194. The molecule has 1 amide bonds. The van der Waals surface area contributed by atoms with Gasteiger partial charge in [-0.05, 0) is 42.9 Å². The lowest BCUT2D eigenvalue weighted by Gasteiger charge is -2.17. The van der Waals surface area contributed by atoms with Crippen molar-refractivity contribution in [2.24, 2.45) is 5.92 Å². The summed E-state index contributed by atoms with van der Waals surface area (Å²) in [7, 11) is 1.54. The molecule has 27 heavy (non-hydrogen) atoms. The van der Waals surface area contributed by atoms with Crippen LogP contribution >= 0.6 is 11.3 Å². The second kappa shape index (κ2) is 7.11. The molecule has 0 saturated heterocycles. The smallest absolute Gasteiger partial charge is 0.279 e. The Morgan fingerprint density at radius 2 is 2.22 bits per heavy atom. The number of carbonyl (C=O) groups excluding carboxylic acids is 1. The van der Waals surface area contributed by atoms with Crippen molar-refractivity contribution in [1.29, 1.82) is 0 Å². The van der Waals surface area contributed by atoms with E-state index in [1.807, 2.05) is 6.07 Å². The lowest BCUT2D eigenvalue weighted by Crippen LogP contribution is -2.30. The molecule has 3 aromatic rings. The topological polar surface area (TPSA) is 86.1 Å². The number of nitrogens with one attached hydrogen (secondary N) is 1. The molecule has 4 rings (SSSR count). The summed E-state index contributed by atoms with van der Waals surface area (Å²) in [5, 5.41) is 11.5. The van der Waals surface area contributed by atoms with Crippen LogP contribution in [0, 0.1) is 5.92 Å². The highest BCUT2D eigenvalue weighted by atomic mass is 32.1. The first-order chi connectivity index (χ1) is 13.1. The normalized spacial score (nSPS) is 16.1. The molecule has 0 unspecified atom stereocenters. The van der Waals surface area contributed by atoms with Crippen molar-refractivity contribution in [3.8, 4) is 5.75 Å². The highest BCUT2D eigenvalue weighted by molar-refractivity contribution is 7.18. The maximum Gasteiger partial charge on any atom is 0.279 e. The van der Waals surface area contributed by atoms with Gasteiger partial charge in [0, 0.05) is 4.88 Å². The second-order valence-electron chi connectivity index (χ2n) is 6.83. The third-order valence-corrected chi connectivity index (χ3v) is 6.00. The molecule has 2 aromatic heterocycles. The Hall–Kier alpha value is -2.74. The molecule has 1 N–H and O–H groups in total. The number of methoxy groups -OCH3 is 1.